The van der Waals surface area contributed by atoms with Crippen LogP contribution in [-0.4, -0.2) is 60.6 Å². The Morgan fingerprint density at radius 1 is 1.29 bits per heavy atom. The summed E-state index contributed by atoms with van der Waals surface area (Å²) in [4.78, 5) is 11.1. The van der Waals surface area contributed by atoms with Gasteiger partial charge in [0.1, 0.15) is 18.2 Å². The van der Waals surface area contributed by atoms with Gasteiger partial charge >= 0.3 is 0 Å². The van der Waals surface area contributed by atoms with Crippen LogP contribution in [0.25, 0.3) is 0 Å². The molecule has 1 aromatic heterocycles. The van der Waals surface area contributed by atoms with Gasteiger partial charge in [-0.15, -0.1) is 0 Å². The molecule has 2 aromatic rings. The number of rotatable bonds is 8. The molecule has 1 aromatic carbocycles. The Morgan fingerprint density at radius 2 is 2.17 bits per heavy atom. The van der Waals surface area contributed by atoms with Crippen molar-refractivity contribution in [2.24, 2.45) is 0 Å². The number of allylic oxidation sites excluding steroid dienone is 2. The van der Waals surface area contributed by atoms with E-state index < -0.39 is 5.82 Å². The van der Waals surface area contributed by atoms with Crippen LogP contribution in [0.1, 0.15) is 24.5 Å². The van der Waals surface area contributed by atoms with Crippen molar-refractivity contribution in [1.29, 1.82) is 5.26 Å². The van der Waals surface area contributed by atoms with Gasteiger partial charge in [-0.25, -0.2) is 15.3 Å². The minimum Gasteiger partial charge on any atom is -0.473 e. The molecular formula is C27H31FN4O2S. The van der Waals surface area contributed by atoms with Gasteiger partial charge in [0, 0.05) is 56.2 Å². The number of pyridine rings is 1. The lowest BCUT2D eigenvalue weighted by Crippen LogP contribution is -2.52. The molecule has 8 heteroatoms. The molecule has 1 unspecified atom stereocenters. The number of halogens is 1. The lowest BCUT2D eigenvalue weighted by molar-refractivity contribution is -0.0344. The van der Waals surface area contributed by atoms with Gasteiger partial charge in [-0.05, 0) is 41.9 Å². The first kappa shape index (κ1) is 23.9. The maximum Gasteiger partial charge on any atom is 0.215 e. The smallest absolute Gasteiger partial charge is 0.215 e. The molecule has 2 fully saturated rings. The summed E-state index contributed by atoms with van der Waals surface area (Å²) in [5.41, 5.74) is 0.696. The highest BCUT2D eigenvalue weighted by atomic mass is 32.2. The maximum absolute atomic E-state index is 14.2. The van der Waals surface area contributed by atoms with E-state index in [1.165, 1.54) is 12.5 Å². The van der Waals surface area contributed by atoms with Gasteiger partial charge in [0.2, 0.25) is 5.88 Å². The molecule has 0 radical (unpaired) electrons. The van der Waals surface area contributed by atoms with Crippen LogP contribution in [0.4, 0.5) is 10.2 Å². The number of anilines is 1. The zero-order valence-electron chi connectivity index (χ0n) is 19.9. The van der Waals surface area contributed by atoms with Crippen LogP contribution in [-0.2, 0) is 11.3 Å². The number of ether oxygens (including phenoxy) is 2. The van der Waals surface area contributed by atoms with E-state index in [2.05, 4.69) is 39.3 Å². The van der Waals surface area contributed by atoms with Crippen LogP contribution in [0.2, 0.25) is 0 Å². The fourth-order valence-electron chi connectivity index (χ4n) is 4.61. The SMILES string of the molecule is C[C@H]1CN(c2cccc(OCc3ccc(C#N)cc3F)n2)CCN1CC1=CC=C[SH]1C[C@@H]1CCO1. The Labute approximate surface area is 209 Å². The van der Waals surface area contributed by atoms with Crippen molar-refractivity contribution in [2.45, 2.75) is 32.1 Å². The largest absolute Gasteiger partial charge is 0.473 e. The second-order valence-electron chi connectivity index (χ2n) is 9.24. The van der Waals surface area contributed by atoms with Gasteiger partial charge in [-0.1, -0.05) is 24.3 Å². The number of hydrogen-bond donors (Lipinski definition) is 1. The molecule has 0 bridgehead atoms. The minimum absolute atomic E-state index is 0.0657. The summed E-state index contributed by atoms with van der Waals surface area (Å²) in [6, 6.07) is 12.5. The van der Waals surface area contributed by atoms with E-state index in [0.29, 0.717) is 29.2 Å². The number of piperazine rings is 1. The van der Waals surface area contributed by atoms with Crippen LogP contribution in [0, 0.1) is 17.1 Å². The van der Waals surface area contributed by atoms with Crippen LogP contribution in [0.15, 0.2) is 58.9 Å². The second kappa shape index (κ2) is 10.8. The highest BCUT2D eigenvalue weighted by Gasteiger charge is 2.28. The molecule has 0 saturated carbocycles. The van der Waals surface area contributed by atoms with E-state index in [-0.39, 0.29) is 17.5 Å². The Bertz CT molecular complexity index is 1160. The van der Waals surface area contributed by atoms with Crippen molar-refractivity contribution in [2.75, 3.05) is 43.4 Å². The van der Waals surface area contributed by atoms with Gasteiger partial charge in [-0.2, -0.15) is 10.2 Å². The molecule has 3 aliphatic heterocycles. The molecule has 35 heavy (non-hydrogen) atoms. The third-order valence-corrected chi connectivity index (χ3v) is 9.20. The van der Waals surface area contributed by atoms with Gasteiger partial charge in [-0.3, -0.25) is 4.90 Å². The van der Waals surface area contributed by atoms with Gasteiger partial charge < -0.3 is 14.4 Å². The second-order valence-corrected chi connectivity index (χ2v) is 11.4. The summed E-state index contributed by atoms with van der Waals surface area (Å²) >= 11 is 0. The monoisotopic (exact) mass is 494 g/mol. The zero-order chi connectivity index (χ0) is 24.2. The van der Waals surface area contributed by atoms with E-state index in [4.69, 9.17) is 14.7 Å². The van der Waals surface area contributed by atoms with Gasteiger partial charge in [0.25, 0.3) is 0 Å². The molecule has 3 aliphatic rings. The summed E-state index contributed by atoms with van der Waals surface area (Å²) in [6.45, 7) is 7.05. The molecule has 0 N–H and O–H groups in total. The third kappa shape index (κ3) is 5.69. The van der Waals surface area contributed by atoms with Crippen LogP contribution in [0.3, 0.4) is 0 Å². The molecule has 5 rings (SSSR count). The average molecular weight is 495 g/mol. The highest BCUT2D eigenvalue weighted by Crippen LogP contribution is 2.43. The van der Waals surface area contributed by atoms with E-state index in [1.54, 1.807) is 23.1 Å². The summed E-state index contributed by atoms with van der Waals surface area (Å²) in [5.74, 6) is 2.06. The van der Waals surface area contributed by atoms with E-state index in [0.717, 1.165) is 44.4 Å². The summed E-state index contributed by atoms with van der Waals surface area (Å²) in [6.07, 6.45) is 6.19. The van der Waals surface area contributed by atoms with E-state index in [9.17, 15) is 4.39 Å². The van der Waals surface area contributed by atoms with Crippen LogP contribution < -0.4 is 9.64 Å². The van der Waals surface area contributed by atoms with Crippen LogP contribution in [0.5, 0.6) is 5.88 Å². The standard InChI is InChI=1S/C27H31FN4O2S/c1-20-16-32(11-10-31(20)17-24-4-3-13-35(24)19-23-9-12-33-23)26-5-2-6-27(30-26)34-18-22-8-7-21(15-29)14-25(22)28/h2-8,13-14,20,23,35H,9-12,16-19H2,1H3/t20-,23-/m0/s1. The van der Waals surface area contributed by atoms with E-state index in [1.807, 2.05) is 18.2 Å². The first-order chi connectivity index (χ1) is 17.1. The van der Waals surface area contributed by atoms with Crippen molar-refractivity contribution >= 4 is 16.7 Å². The predicted octanol–water partition coefficient (Wildman–Crippen LogP) is 4.38. The van der Waals surface area contributed by atoms with Crippen molar-refractivity contribution in [3.8, 4) is 11.9 Å². The highest BCUT2D eigenvalue weighted by molar-refractivity contribution is 8.23. The summed E-state index contributed by atoms with van der Waals surface area (Å²) < 4.78 is 25.6. The molecule has 184 valence electrons. The molecule has 2 saturated heterocycles. The average Bonchev–Trinajstić information content (AvgIpc) is 3.28. The topological polar surface area (TPSA) is 61.6 Å². The summed E-state index contributed by atoms with van der Waals surface area (Å²) in [5, 5.41) is 11.3. The summed E-state index contributed by atoms with van der Waals surface area (Å²) in [7, 11) is -0.206. The number of aromatic nitrogens is 1. The van der Waals surface area contributed by atoms with Crippen molar-refractivity contribution in [3.63, 3.8) is 0 Å². The Balaban J connectivity index is 1.15. The zero-order valence-corrected chi connectivity index (χ0v) is 20.8. The fourth-order valence-corrected chi connectivity index (χ4v) is 6.82. The molecule has 4 heterocycles. The van der Waals surface area contributed by atoms with Crippen molar-refractivity contribution in [1.82, 2.24) is 9.88 Å². The Kier molecular flexibility index (Phi) is 7.37. The number of nitriles is 1. The van der Waals surface area contributed by atoms with Crippen LogP contribution >= 0.6 is 10.9 Å². The van der Waals surface area contributed by atoms with Crippen molar-refractivity contribution in [3.05, 3.63) is 75.8 Å². The normalized spacial score (nSPS) is 25.1. The molecule has 0 aliphatic carbocycles. The number of thiol groups is 1. The number of hydrogen-bond acceptors (Lipinski definition) is 6. The number of benzene rings is 1. The van der Waals surface area contributed by atoms with Crippen molar-refractivity contribution < 1.29 is 13.9 Å². The predicted molar refractivity (Wildman–Crippen MR) is 138 cm³/mol. The quantitative estimate of drug-likeness (QED) is 0.550. The van der Waals surface area contributed by atoms with Gasteiger partial charge in [0.15, 0.2) is 0 Å². The maximum atomic E-state index is 14.2. The van der Waals surface area contributed by atoms with E-state index >= 15 is 0 Å². The number of nitrogens with zero attached hydrogens (tertiary/aromatic N) is 4. The minimum atomic E-state index is -0.443. The Hall–Kier alpha value is -2.86. The lowest BCUT2D eigenvalue weighted by atomic mass is 10.1. The molecule has 3 atom stereocenters. The molecular weight excluding hydrogens is 463 g/mol. The fraction of sp³-hybridized carbons (Fsp3) is 0.407. The third-order valence-electron chi connectivity index (χ3n) is 6.84. The first-order valence-corrected chi connectivity index (χ1v) is 13.7. The van der Waals surface area contributed by atoms with Gasteiger partial charge in [0.05, 0.1) is 17.7 Å². The lowest BCUT2D eigenvalue weighted by Gasteiger charge is -2.41. The molecule has 0 spiro atoms. The molecule has 6 nitrogen and oxygen atoms in total. The molecule has 0 amide bonds. The Morgan fingerprint density at radius 3 is 2.91 bits per heavy atom. The first-order valence-electron chi connectivity index (χ1n) is 12.1.